The molecule has 28 heavy (non-hydrogen) atoms. The molecule has 0 amide bonds. The third kappa shape index (κ3) is 9.67. The Balaban J connectivity index is 4.66. The van der Waals surface area contributed by atoms with Crippen molar-refractivity contribution in [3.63, 3.8) is 0 Å². The zero-order chi connectivity index (χ0) is 21.4. The Morgan fingerprint density at radius 3 is 1.75 bits per heavy atom. The summed E-state index contributed by atoms with van der Waals surface area (Å²) < 4.78 is 5.09. The highest BCUT2D eigenvalue weighted by Crippen LogP contribution is 2.27. The van der Waals surface area contributed by atoms with Crippen LogP contribution in [-0.2, 0) is 19.1 Å². The molecule has 0 aliphatic carbocycles. The van der Waals surface area contributed by atoms with Gasteiger partial charge in [0.2, 0.25) is 5.60 Å². The van der Waals surface area contributed by atoms with Gasteiger partial charge < -0.3 is 14.9 Å². The van der Waals surface area contributed by atoms with Gasteiger partial charge in [-0.25, -0.2) is 4.79 Å². The van der Waals surface area contributed by atoms with Crippen LogP contribution in [0.25, 0.3) is 0 Å². The molecule has 0 aliphatic heterocycles. The number of aliphatic hydroxyl groups is 1. The highest BCUT2D eigenvalue weighted by atomic mass is 16.6. The first kappa shape index (κ1) is 26.6. The van der Waals surface area contributed by atoms with Gasteiger partial charge in [0, 0.05) is 0 Å². The summed E-state index contributed by atoms with van der Waals surface area (Å²) in [6.45, 7) is 5.38. The van der Waals surface area contributed by atoms with Crippen LogP contribution in [0, 0.1) is 5.92 Å². The molecule has 0 spiro atoms. The lowest BCUT2D eigenvalue weighted by Gasteiger charge is -2.29. The number of rotatable bonds is 18. The fourth-order valence-corrected chi connectivity index (χ4v) is 3.33. The lowest BCUT2D eigenvalue weighted by atomic mass is 9.80. The average molecular weight is 401 g/mol. The number of ketones is 1. The SMILES string of the molecule is CCCCCCCCOC(=O)C(O)(C(C)=O)C(CCCCCCCC)C(=O)O. The number of hydrogen-bond acceptors (Lipinski definition) is 5. The fourth-order valence-electron chi connectivity index (χ4n) is 3.33. The van der Waals surface area contributed by atoms with E-state index in [-0.39, 0.29) is 13.0 Å². The zero-order valence-corrected chi connectivity index (χ0v) is 18.0. The minimum absolute atomic E-state index is 0.0731. The van der Waals surface area contributed by atoms with Crippen LogP contribution in [0.5, 0.6) is 0 Å². The molecule has 0 aromatic heterocycles. The fraction of sp³-hybridized carbons (Fsp3) is 0.864. The van der Waals surface area contributed by atoms with Gasteiger partial charge >= 0.3 is 11.9 Å². The van der Waals surface area contributed by atoms with Gasteiger partial charge in [0.1, 0.15) is 5.92 Å². The topological polar surface area (TPSA) is 101 Å². The Labute approximate surface area is 170 Å². The molecule has 2 atom stereocenters. The van der Waals surface area contributed by atoms with Crippen molar-refractivity contribution in [2.45, 2.75) is 110 Å². The van der Waals surface area contributed by atoms with E-state index >= 15 is 0 Å². The maximum absolute atomic E-state index is 12.4. The third-order valence-electron chi connectivity index (χ3n) is 5.23. The van der Waals surface area contributed by atoms with E-state index in [2.05, 4.69) is 13.8 Å². The predicted octanol–water partition coefficient (Wildman–Crippen LogP) is 4.66. The van der Waals surface area contributed by atoms with Crippen LogP contribution < -0.4 is 0 Å². The molecule has 2 N–H and O–H groups in total. The molecule has 0 saturated heterocycles. The van der Waals surface area contributed by atoms with Crippen LogP contribution in [-0.4, -0.2) is 40.1 Å². The number of carbonyl (C=O) groups excluding carboxylic acids is 2. The molecule has 0 fully saturated rings. The molecule has 6 nitrogen and oxygen atoms in total. The summed E-state index contributed by atoms with van der Waals surface area (Å²) in [6, 6.07) is 0. The number of unbranched alkanes of at least 4 members (excludes halogenated alkanes) is 10. The quantitative estimate of drug-likeness (QED) is 0.197. The van der Waals surface area contributed by atoms with E-state index in [9.17, 15) is 24.6 Å². The molecule has 0 saturated carbocycles. The van der Waals surface area contributed by atoms with Crippen molar-refractivity contribution in [2.24, 2.45) is 5.92 Å². The number of esters is 1. The van der Waals surface area contributed by atoms with Crippen molar-refractivity contribution in [3.8, 4) is 0 Å². The molecule has 0 aromatic carbocycles. The summed E-state index contributed by atoms with van der Waals surface area (Å²) in [5, 5.41) is 20.2. The van der Waals surface area contributed by atoms with Crippen LogP contribution in [0.2, 0.25) is 0 Å². The van der Waals surface area contributed by atoms with E-state index in [1.807, 2.05) is 0 Å². The molecule has 0 aromatic rings. The minimum Gasteiger partial charge on any atom is -0.481 e. The maximum atomic E-state index is 12.4. The van der Waals surface area contributed by atoms with Crippen LogP contribution in [0.3, 0.4) is 0 Å². The number of carboxylic acid groups (broad SMARTS) is 1. The second kappa shape index (κ2) is 15.5. The standard InChI is InChI=1S/C22H40O6/c1-4-6-8-10-12-14-16-19(20(24)25)22(27,18(3)23)21(26)28-17-15-13-11-9-7-5-2/h19,27H,4-17H2,1-3H3,(H,24,25). The first-order valence-corrected chi connectivity index (χ1v) is 11.0. The Kier molecular flexibility index (Phi) is 14.7. The zero-order valence-electron chi connectivity index (χ0n) is 18.0. The van der Waals surface area contributed by atoms with Crippen LogP contribution in [0.4, 0.5) is 0 Å². The van der Waals surface area contributed by atoms with E-state index in [1.54, 1.807) is 0 Å². The second-order valence-corrected chi connectivity index (χ2v) is 7.67. The van der Waals surface area contributed by atoms with E-state index < -0.39 is 29.2 Å². The van der Waals surface area contributed by atoms with Crippen molar-refractivity contribution >= 4 is 17.7 Å². The summed E-state index contributed by atoms with van der Waals surface area (Å²) in [7, 11) is 0. The lowest BCUT2D eigenvalue weighted by Crippen LogP contribution is -2.55. The van der Waals surface area contributed by atoms with E-state index in [0.29, 0.717) is 12.8 Å². The molecule has 6 heteroatoms. The highest BCUT2D eigenvalue weighted by Gasteiger charge is 2.53. The predicted molar refractivity (Wildman–Crippen MR) is 109 cm³/mol. The van der Waals surface area contributed by atoms with Gasteiger partial charge in [-0.1, -0.05) is 84.5 Å². The van der Waals surface area contributed by atoms with Crippen LogP contribution >= 0.6 is 0 Å². The van der Waals surface area contributed by atoms with E-state index in [4.69, 9.17) is 4.74 Å². The molecular formula is C22H40O6. The van der Waals surface area contributed by atoms with Crippen LogP contribution in [0.15, 0.2) is 0 Å². The number of carboxylic acids is 1. The summed E-state index contributed by atoms with van der Waals surface area (Å²) >= 11 is 0. The molecule has 164 valence electrons. The summed E-state index contributed by atoms with van der Waals surface area (Å²) in [6.07, 6.45) is 11.7. The number of hydrogen-bond donors (Lipinski definition) is 2. The smallest absolute Gasteiger partial charge is 0.346 e. The van der Waals surface area contributed by atoms with Gasteiger partial charge in [0.05, 0.1) is 6.61 Å². The normalized spacial score (nSPS) is 14.3. The molecule has 0 bridgehead atoms. The monoisotopic (exact) mass is 400 g/mol. The Morgan fingerprint density at radius 1 is 0.821 bits per heavy atom. The molecule has 2 unspecified atom stereocenters. The summed E-state index contributed by atoms with van der Waals surface area (Å²) in [4.78, 5) is 36.1. The van der Waals surface area contributed by atoms with Crippen molar-refractivity contribution in [2.75, 3.05) is 6.61 Å². The van der Waals surface area contributed by atoms with Gasteiger partial charge in [0.15, 0.2) is 5.78 Å². The maximum Gasteiger partial charge on any atom is 0.346 e. The molecule has 0 heterocycles. The van der Waals surface area contributed by atoms with Crippen LogP contribution in [0.1, 0.15) is 104 Å². The Hall–Kier alpha value is -1.43. The minimum atomic E-state index is -2.61. The van der Waals surface area contributed by atoms with Crippen molar-refractivity contribution in [1.82, 2.24) is 0 Å². The first-order chi connectivity index (χ1) is 13.3. The molecule has 0 rings (SSSR count). The average Bonchev–Trinajstić information content (AvgIpc) is 2.65. The number of Topliss-reactive ketones (excluding diaryl/α,β-unsaturated/α-hetero) is 1. The number of carbonyl (C=O) groups is 3. The Morgan fingerprint density at radius 2 is 1.29 bits per heavy atom. The molecule has 0 radical (unpaired) electrons. The van der Waals surface area contributed by atoms with E-state index in [0.717, 1.165) is 64.7 Å². The first-order valence-electron chi connectivity index (χ1n) is 11.0. The number of ether oxygens (including phenoxy) is 1. The van der Waals surface area contributed by atoms with Crippen molar-refractivity contribution in [1.29, 1.82) is 0 Å². The largest absolute Gasteiger partial charge is 0.481 e. The van der Waals surface area contributed by atoms with Gasteiger partial charge in [-0.3, -0.25) is 9.59 Å². The highest BCUT2D eigenvalue weighted by molar-refractivity contribution is 6.09. The summed E-state index contributed by atoms with van der Waals surface area (Å²) in [5.74, 6) is -4.83. The molecular weight excluding hydrogens is 360 g/mol. The van der Waals surface area contributed by atoms with Gasteiger partial charge in [0.25, 0.3) is 0 Å². The van der Waals surface area contributed by atoms with Crippen molar-refractivity contribution < 1.29 is 29.3 Å². The second-order valence-electron chi connectivity index (χ2n) is 7.67. The van der Waals surface area contributed by atoms with Gasteiger partial charge in [-0.15, -0.1) is 0 Å². The third-order valence-corrected chi connectivity index (χ3v) is 5.23. The van der Waals surface area contributed by atoms with Gasteiger partial charge in [-0.2, -0.15) is 0 Å². The molecule has 0 aliphatic rings. The number of aliphatic carboxylic acids is 1. The Bertz CT molecular complexity index is 462. The summed E-state index contributed by atoms with van der Waals surface area (Å²) in [5.41, 5.74) is -2.61. The van der Waals surface area contributed by atoms with Crippen molar-refractivity contribution in [3.05, 3.63) is 0 Å². The lowest BCUT2D eigenvalue weighted by molar-refractivity contribution is -0.183. The van der Waals surface area contributed by atoms with Gasteiger partial charge in [-0.05, 0) is 19.8 Å². The van der Waals surface area contributed by atoms with E-state index in [1.165, 1.54) is 6.42 Å².